The maximum Gasteiger partial charge on any atom is 0.355 e. The molecule has 1 N–H and O–H groups in total. The number of nitrogens with one attached hydrogen (secondary N) is 1. The van der Waals surface area contributed by atoms with Gasteiger partial charge in [0.15, 0.2) is 0 Å². The van der Waals surface area contributed by atoms with Crippen LogP contribution >= 0.6 is 0 Å². The van der Waals surface area contributed by atoms with Crippen molar-refractivity contribution in [3.8, 4) is 22.4 Å². The third kappa shape index (κ3) is 3.19. The molecule has 23 heavy (non-hydrogen) atoms. The summed E-state index contributed by atoms with van der Waals surface area (Å²) >= 11 is 0. The third-order valence-electron chi connectivity index (χ3n) is 3.74. The van der Waals surface area contributed by atoms with Gasteiger partial charge in [0.1, 0.15) is 5.69 Å². The minimum Gasteiger partial charge on any atom is -0.461 e. The van der Waals surface area contributed by atoms with Gasteiger partial charge in [-0.1, -0.05) is 60.2 Å². The Morgan fingerprint density at radius 1 is 1.00 bits per heavy atom. The molecule has 0 atom stereocenters. The zero-order valence-corrected chi connectivity index (χ0v) is 13.3. The molecule has 0 spiro atoms. The molecule has 0 aliphatic heterocycles. The Morgan fingerprint density at radius 2 is 1.70 bits per heavy atom. The number of aromatic nitrogens is 1. The highest BCUT2D eigenvalue weighted by molar-refractivity contribution is 5.97. The summed E-state index contributed by atoms with van der Waals surface area (Å²) in [4.78, 5) is 15.5. The van der Waals surface area contributed by atoms with Gasteiger partial charge in [-0.25, -0.2) is 4.79 Å². The number of aryl methyl sites for hydroxylation is 1. The summed E-state index contributed by atoms with van der Waals surface area (Å²) in [5.41, 5.74) is 5.50. The van der Waals surface area contributed by atoms with Gasteiger partial charge >= 0.3 is 5.97 Å². The maximum absolute atomic E-state index is 12.3. The van der Waals surface area contributed by atoms with E-state index in [9.17, 15) is 4.79 Å². The van der Waals surface area contributed by atoms with Crippen LogP contribution in [0.1, 0.15) is 23.0 Å². The van der Waals surface area contributed by atoms with Gasteiger partial charge in [-0.05, 0) is 31.0 Å². The standard InChI is InChI=1S/C20H19NO2/c1-3-23-20(22)19-17(15-7-5-4-6-8-15)13-18(21-19)16-11-9-14(2)10-12-16/h4-13,21H,3H2,1-2H3. The van der Waals surface area contributed by atoms with E-state index in [1.807, 2.05) is 55.5 Å². The van der Waals surface area contributed by atoms with Crippen molar-refractivity contribution in [3.05, 3.63) is 71.9 Å². The van der Waals surface area contributed by atoms with Crippen LogP contribution in [0.15, 0.2) is 60.7 Å². The molecule has 1 aromatic heterocycles. The maximum atomic E-state index is 12.3. The van der Waals surface area contributed by atoms with E-state index >= 15 is 0 Å². The van der Waals surface area contributed by atoms with Gasteiger partial charge in [-0.2, -0.15) is 0 Å². The summed E-state index contributed by atoms with van der Waals surface area (Å²) in [6.07, 6.45) is 0. The zero-order chi connectivity index (χ0) is 16.2. The van der Waals surface area contributed by atoms with Gasteiger partial charge in [0.2, 0.25) is 0 Å². The van der Waals surface area contributed by atoms with Crippen molar-refractivity contribution >= 4 is 5.97 Å². The molecule has 116 valence electrons. The second-order valence-electron chi connectivity index (χ2n) is 5.42. The van der Waals surface area contributed by atoms with E-state index in [-0.39, 0.29) is 5.97 Å². The second kappa shape index (κ2) is 6.53. The van der Waals surface area contributed by atoms with E-state index in [2.05, 4.69) is 24.0 Å². The molecule has 2 aromatic carbocycles. The van der Waals surface area contributed by atoms with Crippen molar-refractivity contribution in [3.63, 3.8) is 0 Å². The SMILES string of the molecule is CCOC(=O)c1[nH]c(-c2ccc(C)cc2)cc1-c1ccccc1. The molecule has 3 rings (SSSR count). The number of H-pyrrole nitrogens is 1. The van der Waals surface area contributed by atoms with Crippen LogP contribution in [0.3, 0.4) is 0 Å². The summed E-state index contributed by atoms with van der Waals surface area (Å²) in [5, 5.41) is 0. The van der Waals surface area contributed by atoms with Gasteiger partial charge in [0.05, 0.1) is 6.61 Å². The van der Waals surface area contributed by atoms with E-state index in [1.54, 1.807) is 0 Å². The number of hydrogen-bond acceptors (Lipinski definition) is 2. The molecule has 0 unspecified atom stereocenters. The lowest BCUT2D eigenvalue weighted by Crippen LogP contribution is -2.06. The van der Waals surface area contributed by atoms with Crippen molar-refractivity contribution < 1.29 is 9.53 Å². The molecule has 0 amide bonds. The average molecular weight is 305 g/mol. The van der Waals surface area contributed by atoms with Crippen LogP contribution in [0.25, 0.3) is 22.4 Å². The minimum atomic E-state index is -0.329. The largest absolute Gasteiger partial charge is 0.461 e. The molecule has 0 saturated heterocycles. The lowest BCUT2D eigenvalue weighted by Gasteiger charge is -2.03. The zero-order valence-electron chi connectivity index (χ0n) is 13.3. The summed E-state index contributed by atoms with van der Waals surface area (Å²) in [5.74, 6) is -0.329. The second-order valence-corrected chi connectivity index (χ2v) is 5.42. The number of ether oxygens (including phenoxy) is 1. The minimum absolute atomic E-state index is 0.329. The summed E-state index contributed by atoms with van der Waals surface area (Å²) < 4.78 is 5.19. The van der Waals surface area contributed by atoms with Crippen LogP contribution < -0.4 is 0 Å². The van der Waals surface area contributed by atoms with Crippen molar-refractivity contribution in [2.45, 2.75) is 13.8 Å². The van der Waals surface area contributed by atoms with E-state index in [0.717, 1.165) is 22.4 Å². The molecule has 0 aliphatic carbocycles. The van der Waals surface area contributed by atoms with Gasteiger partial charge in [-0.15, -0.1) is 0 Å². The number of aromatic amines is 1. The number of esters is 1. The smallest absolute Gasteiger partial charge is 0.355 e. The van der Waals surface area contributed by atoms with Crippen LogP contribution in [-0.4, -0.2) is 17.6 Å². The molecule has 0 fully saturated rings. The Morgan fingerprint density at radius 3 is 2.35 bits per heavy atom. The lowest BCUT2D eigenvalue weighted by atomic mass is 10.0. The Bertz CT molecular complexity index is 801. The number of rotatable bonds is 4. The predicted molar refractivity (Wildman–Crippen MR) is 92.4 cm³/mol. The molecular formula is C20H19NO2. The Balaban J connectivity index is 2.10. The number of hydrogen-bond donors (Lipinski definition) is 1. The van der Waals surface area contributed by atoms with Gasteiger partial charge < -0.3 is 9.72 Å². The van der Waals surface area contributed by atoms with Crippen molar-refractivity contribution in [1.82, 2.24) is 4.98 Å². The quantitative estimate of drug-likeness (QED) is 0.701. The fourth-order valence-corrected chi connectivity index (χ4v) is 2.55. The highest BCUT2D eigenvalue weighted by Crippen LogP contribution is 2.30. The van der Waals surface area contributed by atoms with Gasteiger partial charge in [-0.3, -0.25) is 0 Å². The topological polar surface area (TPSA) is 42.1 Å². The third-order valence-corrected chi connectivity index (χ3v) is 3.74. The molecule has 3 nitrogen and oxygen atoms in total. The van der Waals surface area contributed by atoms with Crippen LogP contribution in [0.5, 0.6) is 0 Å². The van der Waals surface area contributed by atoms with E-state index in [4.69, 9.17) is 4.74 Å². The summed E-state index contributed by atoms with van der Waals surface area (Å²) in [7, 11) is 0. The highest BCUT2D eigenvalue weighted by atomic mass is 16.5. The van der Waals surface area contributed by atoms with Crippen LogP contribution in [0, 0.1) is 6.92 Å². The van der Waals surface area contributed by atoms with E-state index < -0.39 is 0 Å². The molecule has 1 heterocycles. The first-order valence-corrected chi connectivity index (χ1v) is 7.71. The van der Waals surface area contributed by atoms with Gasteiger partial charge in [0.25, 0.3) is 0 Å². The molecule has 3 aromatic rings. The molecule has 0 aliphatic rings. The van der Waals surface area contributed by atoms with Crippen molar-refractivity contribution in [2.24, 2.45) is 0 Å². The van der Waals surface area contributed by atoms with Crippen molar-refractivity contribution in [2.75, 3.05) is 6.61 Å². The van der Waals surface area contributed by atoms with Crippen LogP contribution in [-0.2, 0) is 4.74 Å². The first-order chi connectivity index (χ1) is 11.2. The first-order valence-electron chi connectivity index (χ1n) is 7.71. The van der Waals surface area contributed by atoms with E-state index in [1.165, 1.54) is 5.56 Å². The number of carbonyl (C=O) groups is 1. The normalized spacial score (nSPS) is 10.5. The van der Waals surface area contributed by atoms with Crippen molar-refractivity contribution in [1.29, 1.82) is 0 Å². The van der Waals surface area contributed by atoms with E-state index in [0.29, 0.717) is 12.3 Å². The molecule has 3 heteroatoms. The summed E-state index contributed by atoms with van der Waals surface area (Å²) in [6, 6.07) is 20.1. The molecular weight excluding hydrogens is 286 g/mol. The molecule has 0 saturated carbocycles. The summed E-state index contributed by atoms with van der Waals surface area (Å²) in [6.45, 7) is 4.22. The van der Waals surface area contributed by atoms with Crippen LogP contribution in [0.2, 0.25) is 0 Å². The highest BCUT2D eigenvalue weighted by Gasteiger charge is 2.18. The first kappa shape index (κ1) is 15.1. The Hall–Kier alpha value is -2.81. The fourth-order valence-electron chi connectivity index (χ4n) is 2.55. The van der Waals surface area contributed by atoms with Gasteiger partial charge in [0, 0.05) is 11.3 Å². The van der Waals surface area contributed by atoms with Crippen LogP contribution in [0.4, 0.5) is 0 Å². The monoisotopic (exact) mass is 305 g/mol. The Labute approximate surface area is 135 Å². The predicted octanol–water partition coefficient (Wildman–Crippen LogP) is 4.83. The Kier molecular flexibility index (Phi) is 4.29. The number of benzene rings is 2. The average Bonchev–Trinajstić information content (AvgIpc) is 3.02. The molecule has 0 bridgehead atoms. The lowest BCUT2D eigenvalue weighted by molar-refractivity contribution is 0.0521. The fraction of sp³-hybridized carbons (Fsp3) is 0.150. The molecule has 0 radical (unpaired) electrons. The number of carbonyl (C=O) groups excluding carboxylic acids is 1.